The van der Waals surface area contributed by atoms with Crippen molar-refractivity contribution in [2.45, 2.75) is 18.9 Å². The maximum atomic E-state index is 13.0. The lowest BCUT2D eigenvalue weighted by Crippen LogP contribution is -2.44. The molecule has 2 aromatic rings. The number of nitrogens with zero attached hydrogens (tertiary/aromatic N) is 1. The maximum absolute atomic E-state index is 13.0. The van der Waals surface area contributed by atoms with E-state index in [0.29, 0.717) is 17.5 Å². The summed E-state index contributed by atoms with van der Waals surface area (Å²) in [6.07, 6.45) is 0.329. The maximum Gasteiger partial charge on any atom is 0.326 e. The average molecular weight is 459 g/mol. The predicted octanol–water partition coefficient (Wildman–Crippen LogP) is 3.03. The van der Waals surface area contributed by atoms with Gasteiger partial charge in [-0.1, -0.05) is 65.3 Å². The van der Waals surface area contributed by atoms with Gasteiger partial charge in [-0.05, 0) is 24.1 Å². The number of carbonyl (C=O) groups is 4. The van der Waals surface area contributed by atoms with Gasteiger partial charge in [0, 0.05) is 10.0 Å². The van der Waals surface area contributed by atoms with Crippen LogP contribution in [0.15, 0.2) is 59.1 Å². The third-order valence-corrected chi connectivity index (χ3v) is 5.32. The number of benzene rings is 2. The Morgan fingerprint density at radius 3 is 2.34 bits per heavy atom. The number of hydrogen-bond donors (Lipinski definition) is 1. The fourth-order valence-electron chi connectivity index (χ4n) is 3.17. The highest BCUT2D eigenvalue weighted by molar-refractivity contribution is 9.10. The van der Waals surface area contributed by atoms with Crippen LogP contribution in [0.1, 0.15) is 29.3 Å². The molecule has 0 aromatic heterocycles. The summed E-state index contributed by atoms with van der Waals surface area (Å²) in [7, 11) is 0. The number of urea groups is 1. The Labute approximate surface area is 176 Å². The molecular weight excluding hydrogens is 440 g/mol. The lowest BCUT2D eigenvalue weighted by molar-refractivity contribution is -0.147. The molecule has 8 heteroatoms. The van der Waals surface area contributed by atoms with Crippen LogP contribution in [0.4, 0.5) is 4.79 Å². The summed E-state index contributed by atoms with van der Waals surface area (Å²) in [6.45, 7) is 0.748. The van der Waals surface area contributed by atoms with E-state index < -0.39 is 36.6 Å². The highest BCUT2D eigenvalue weighted by Gasteiger charge is 2.51. The molecule has 1 N–H and O–H groups in total. The number of nitrogens with one attached hydrogen (secondary N) is 1. The molecule has 3 amide bonds. The summed E-state index contributed by atoms with van der Waals surface area (Å²) in [4.78, 5) is 50.4. The van der Waals surface area contributed by atoms with Crippen molar-refractivity contribution in [3.63, 3.8) is 0 Å². The van der Waals surface area contributed by atoms with Gasteiger partial charge in [0.2, 0.25) is 0 Å². The van der Waals surface area contributed by atoms with Crippen LogP contribution in [0.5, 0.6) is 0 Å². The molecule has 0 radical (unpaired) electrons. The molecule has 1 fully saturated rings. The van der Waals surface area contributed by atoms with E-state index in [1.165, 1.54) is 0 Å². The zero-order valence-corrected chi connectivity index (χ0v) is 17.3. The first kappa shape index (κ1) is 20.7. The molecule has 1 unspecified atom stereocenters. The number of ketones is 1. The first-order valence-corrected chi connectivity index (χ1v) is 9.80. The Morgan fingerprint density at radius 2 is 1.72 bits per heavy atom. The van der Waals surface area contributed by atoms with Gasteiger partial charge < -0.3 is 10.1 Å². The van der Waals surface area contributed by atoms with Gasteiger partial charge in [-0.15, -0.1) is 0 Å². The van der Waals surface area contributed by atoms with Gasteiger partial charge in [-0.25, -0.2) is 4.79 Å². The molecular formula is C21H19BrN2O5. The van der Waals surface area contributed by atoms with Crippen LogP contribution in [0.2, 0.25) is 0 Å². The van der Waals surface area contributed by atoms with Crippen LogP contribution in [-0.2, 0) is 19.9 Å². The van der Waals surface area contributed by atoms with Crippen LogP contribution < -0.4 is 5.32 Å². The number of carbonyl (C=O) groups excluding carboxylic acids is 4. The van der Waals surface area contributed by atoms with Crippen LogP contribution in [0, 0.1) is 0 Å². The number of hydrogen-bond acceptors (Lipinski definition) is 5. The molecule has 1 aliphatic heterocycles. The summed E-state index contributed by atoms with van der Waals surface area (Å²) in [5, 5.41) is 2.69. The topological polar surface area (TPSA) is 92.8 Å². The van der Waals surface area contributed by atoms with Crippen molar-refractivity contribution in [3.8, 4) is 0 Å². The van der Waals surface area contributed by atoms with Crippen LogP contribution in [0.25, 0.3) is 0 Å². The lowest BCUT2D eigenvalue weighted by atomic mass is 9.87. The average Bonchev–Trinajstić information content (AvgIpc) is 2.98. The molecule has 0 bridgehead atoms. The van der Waals surface area contributed by atoms with Crippen molar-refractivity contribution in [1.29, 1.82) is 0 Å². The van der Waals surface area contributed by atoms with Gasteiger partial charge in [-0.3, -0.25) is 19.3 Å². The van der Waals surface area contributed by atoms with E-state index in [1.54, 1.807) is 55.5 Å². The fourth-order valence-corrected chi connectivity index (χ4v) is 3.44. The Hall–Kier alpha value is -3.00. The van der Waals surface area contributed by atoms with Crippen LogP contribution >= 0.6 is 15.9 Å². The van der Waals surface area contributed by atoms with E-state index in [4.69, 9.17) is 4.74 Å². The predicted molar refractivity (Wildman–Crippen MR) is 108 cm³/mol. The molecule has 0 spiro atoms. The summed E-state index contributed by atoms with van der Waals surface area (Å²) in [5.41, 5.74) is -0.182. The Balaban J connectivity index is 1.64. The van der Waals surface area contributed by atoms with E-state index in [0.717, 1.165) is 9.37 Å². The van der Waals surface area contributed by atoms with Crippen LogP contribution in [0.3, 0.4) is 0 Å². The van der Waals surface area contributed by atoms with E-state index in [2.05, 4.69) is 21.2 Å². The van der Waals surface area contributed by atoms with Crippen molar-refractivity contribution < 1.29 is 23.9 Å². The normalized spacial score (nSPS) is 18.5. The zero-order valence-electron chi connectivity index (χ0n) is 15.7. The molecule has 3 rings (SSSR count). The van der Waals surface area contributed by atoms with E-state index in [-0.39, 0.29) is 5.78 Å². The summed E-state index contributed by atoms with van der Waals surface area (Å²) < 4.78 is 5.80. The molecule has 0 aliphatic carbocycles. The van der Waals surface area contributed by atoms with E-state index in [1.807, 2.05) is 6.07 Å². The number of amides is 3. The van der Waals surface area contributed by atoms with Crippen molar-refractivity contribution >= 4 is 39.6 Å². The minimum atomic E-state index is -1.22. The number of imide groups is 1. The number of rotatable bonds is 7. The SMILES string of the molecule is CCC1(c2ccccc2)NC(=O)N(CC(=O)OCC(=O)c2ccc(Br)cc2)C1=O. The van der Waals surface area contributed by atoms with Crippen molar-refractivity contribution in [1.82, 2.24) is 10.2 Å². The lowest BCUT2D eigenvalue weighted by Gasteiger charge is -2.25. The largest absolute Gasteiger partial charge is 0.456 e. The standard InChI is InChI=1S/C21H19BrN2O5/c1-2-21(15-6-4-3-5-7-15)19(27)24(20(28)23-21)12-18(26)29-13-17(25)14-8-10-16(22)11-9-14/h3-11H,2,12-13H2,1H3,(H,23,28). The molecule has 2 aromatic carbocycles. The van der Waals surface area contributed by atoms with Gasteiger partial charge >= 0.3 is 12.0 Å². The Morgan fingerprint density at radius 1 is 1.07 bits per heavy atom. The number of esters is 1. The smallest absolute Gasteiger partial charge is 0.326 e. The molecule has 1 aliphatic rings. The molecule has 0 saturated carbocycles. The quantitative estimate of drug-likeness (QED) is 0.391. The Bertz CT molecular complexity index is 945. The van der Waals surface area contributed by atoms with Crippen molar-refractivity contribution in [2.75, 3.05) is 13.2 Å². The zero-order chi connectivity index (χ0) is 21.0. The second-order valence-corrected chi connectivity index (χ2v) is 7.45. The molecule has 1 saturated heterocycles. The minimum Gasteiger partial charge on any atom is -0.456 e. The highest BCUT2D eigenvalue weighted by Crippen LogP contribution is 2.32. The molecule has 7 nitrogen and oxygen atoms in total. The second kappa shape index (κ2) is 8.57. The van der Waals surface area contributed by atoms with Crippen molar-refractivity contribution in [3.05, 3.63) is 70.2 Å². The second-order valence-electron chi connectivity index (χ2n) is 6.54. The molecule has 1 atom stereocenters. The van der Waals surface area contributed by atoms with E-state index in [9.17, 15) is 19.2 Å². The number of Topliss-reactive ketones (excluding diaryl/α,β-unsaturated/α-hetero) is 1. The summed E-state index contributed by atoms with van der Waals surface area (Å²) in [6, 6.07) is 14.8. The van der Waals surface area contributed by atoms with Gasteiger partial charge in [0.15, 0.2) is 12.4 Å². The summed E-state index contributed by atoms with van der Waals surface area (Å²) >= 11 is 3.28. The van der Waals surface area contributed by atoms with Gasteiger partial charge in [0.1, 0.15) is 12.1 Å². The number of halogens is 1. The highest BCUT2D eigenvalue weighted by atomic mass is 79.9. The monoisotopic (exact) mass is 458 g/mol. The summed E-state index contributed by atoms with van der Waals surface area (Å²) in [5.74, 6) is -1.73. The minimum absolute atomic E-state index is 0.329. The van der Waals surface area contributed by atoms with Crippen molar-refractivity contribution in [2.24, 2.45) is 0 Å². The first-order chi connectivity index (χ1) is 13.9. The Kier molecular flexibility index (Phi) is 6.12. The van der Waals surface area contributed by atoms with E-state index >= 15 is 0 Å². The molecule has 29 heavy (non-hydrogen) atoms. The van der Waals surface area contributed by atoms with Gasteiger partial charge in [0.25, 0.3) is 5.91 Å². The van der Waals surface area contributed by atoms with Gasteiger partial charge in [-0.2, -0.15) is 0 Å². The van der Waals surface area contributed by atoms with Crippen LogP contribution in [-0.4, -0.2) is 41.7 Å². The number of ether oxygens (including phenoxy) is 1. The molecule has 150 valence electrons. The first-order valence-electron chi connectivity index (χ1n) is 9.01. The van der Waals surface area contributed by atoms with Gasteiger partial charge in [0.05, 0.1) is 0 Å². The third kappa shape index (κ3) is 4.22. The molecule has 1 heterocycles. The third-order valence-electron chi connectivity index (χ3n) is 4.79. The fraction of sp³-hybridized carbons (Fsp3) is 0.238.